The van der Waals surface area contributed by atoms with Gasteiger partial charge in [0.25, 0.3) is 5.91 Å². The van der Waals surface area contributed by atoms with Crippen molar-refractivity contribution in [2.75, 3.05) is 12.3 Å². The molecule has 1 heterocycles. The highest BCUT2D eigenvalue weighted by Gasteiger charge is 2.33. The summed E-state index contributed by atoms with van der Waals surface area (Å²) in [6, 6.07) is 2.39. The van der Waals surface area contributed by atoms with E-state index in [0.717, 1.165) is 32.1 Å². The van der Waals surface area contributed by atoms with Crippen LogP contribution in [-0.4, -0.2) is 60.1 Å². The normalized spacial score (nSPS) is 18.5. The average molecular weight is 442 g/mol. The second kappa shape index (κ2) is 12.3. The summed E-state index contributed by atoms with van der Waals surface area (Å²) in [5.41, 5.74) is 0.397. The van der Waals surface area contributed by atoms with Crippen molar-refractivity contribution in [1.82, 2.24) is 15.0 Å². The van der Waals surface area contributed by atoms with Crippen LogP contribution in [0.4, 0.5) is 0 Å². The lowest BCUT2D eigenvalue weighted by atomic mass is 9.83. The lowest BCUT2D eigenvalue weighted by molar-refractivity contribution is 0.00201. The maximum Gasteiger partial charge on any atom is 0.251 e. The molecule has 0 spiro atoms. The van der Waals surface area contributed by atoms with E-state index in [0.29, 0.717) is 30.9 Å². The molecule has 1 aliphatic rings. The first-order chi connectivity index (χ1) is 14.3. The van der Waals surface area contributed by atoms with Gasteiger partial charge in [0.15, 0.2) is 0 Å². The topological polar surface area (TPSA) is 129 Å². The molecule has 0 aliphatic heterocycles. The van der Waals surface area contributed by atoms with E-state index in [1.54, 1.807) is 12.1 Å². The summed E-state index contributed by atoms with van der Waals surface area (Å²) >= 11 is 0. The van der Waals surface area contributed by atoms with Crippen molar-refractivity contribution in [1.29, 1.82) is 0 Å². The van der Waals surface area contributed by atoms with E-state index in [9.17, 15) is 23.4 Å². The Morgan fingerprint density at radius 2 is 1.87 bits per heavy atom. The Morgan fingerprint density at radius 3 is 2.50 bits per heavy atom. The molecule has 0 radical (unpaired) electrons. The average Bonchev–Trinajstić information content (AvgIpc) is 2.73. The van der Waals surface area contributed by atoms with Gasteiger partial charge >= 0.3 is 0 Å². The van der Waals surface area contributed by atoms with Gasteiger partial charge in [0.05, 0.1) is 17.9 Å². The fraction of sp³-hybridized carbons (Fsp3) is 0.714. The number of aromatic nitrogens is 1. The van der Waals surface area contributed by atoms with Gasteiger partial charge in [-0.1, -0.05) is 45.4 Å². The van der Waals surface area contributed by atoms with E-state index >= 15 is 0 Å². The van der Waals surface area contributed by atoms with Gasteiger partial charge in [0, 0.05) is 24.5 Å². The van der Waals surface area contributed by atoms with Gasteiger partial charge in [0.2, 0.25) is 10.0 Å². The Labute approximate surface area is 179 Å². The Balaban J connectivity index is 2.06. The van der Waals surface area contributed by atoms with Gasteiger partial charge in [-0.25, -0.2) is 13.1 Å². The van der Waals surface area contributed by atoms with Crippen LogP contribution in [0.1, 0.15) is 68.6 Å². The predicted octanol–water partition coefficient (Wildman–Crippen LogP) is 1.59. The van der Waals surface area contributed by atoms with Crippen LogP contribution in [0, 0.1) is 5.92 Å². The maximum atomic E-state index is 12.6. The fourth-order valence-corrected chi connectivity index (χ4v) is 5.10. The second-order valence-electron chi connectivity index (χ2n) is 8.14. The number of hydrogen-bond donors (Lipinski definition) is 4. The third-order valence-corrected chi connectivity index (χ3v) is 7.04. The molecule has 0 bridgehead atoms. The summed E-state index contributed by atoms with van der Waals surface area (Å²) in [7, 11) is -3.73. The zero-order valence-electron chi connectivity index (χ0n) is 17.7. The molecule has 1 fully saturated rings. The number of unbranched alkanes of at least 4 members (excludes halogenated alkanes) is 1. The van der Waals surface area contributed by atoms with Crippen LogP contribution in [0.15, 0.2) is 24.5 Å². The molecule has 1 saturated carbocycles. The van der Waals surface area contributed by atoms with E-state index in [4.69, 9.17) is 0 Å². The van der Waals surface area contributed by atoms with E-state index in [1.807, 2.05) is 6.92 Å². The minimum absolute atomic E-state index is 0.298. The first-order valence-corrected chi connectivity index (χ1v) is 12.5. The number of carbonyl (C=O) groups excluding carboxylic acids is 1. The minimum Gasteiger partial charge on any atom is -0.389 e. The zero-order chi connectivity index (χ0) is 22.0. The first kappa shape index (κ1) is 24.7. The lowest BCUT2D eigenvalue weighted by Crippen LogP contribution is -2.52. The van der Waals surface area contributed by atoms with E-state index < -0.39 is 34.0 Å². The largest absolute Gasteiger partial charge is 0.389 e. The molecule has 8 nitrogen and oxygen atoms in total. The number of nitrogens with one attached hydrogen (secondary N) is 2. The fourth-order valence-electron chi connectivity index (χ4n) is 3.88. The van der Waals surface area contributed by atoms with Crippen molar-refractivity contribution in [2.45, 2.75) is 76.5 Å². The van der Waals surface area contributed by atoms with Gasteiger partial charge in [-0.05, 0) is 30.9 Å². The summed E-state index contributed by atoms with van der Waals surface area (Å²) in [6.45, 7) is 2.25. The van der Waals surface area contributed by atoms with Gasteiger partial charge in [-0.15, -0.1) is 0 Å². The first-order valence-electron chi connectivity index (χ1n) is 10.9. The molecule has 3 atom stereocenters. The summed E-state index contributed by atoms with van der Waals surface area (Å²) in [5.74, 6) is -0.666. The molecule has 170 valence electrons. The maximum absolute atomic E-state index is 12.6. The van der Waals surface area contributed by atoms with Gasteiger partial charge in [0.1, 0.15) is 6.10 Å². The molecule has 9 heteroatoms. The minimum atomic E-state index is -3.73. The third kappa shape index (κ3) is 8.29. The summed E-state index contributed by atoms with van der Waals surface area (Å²) in [4.78, 5) is 16.5. The highest BCUT2D eigenvalue weighted by Crippen LogP contribution is 2.28. The zero-order valence-corrected chi connectivity index (χ0v) is 18.5. The van der Waals surface area contributed by atoms with Crippen molar-refractivity contribution < 1.29 is 23.4 Å². The molecule has 0 unspecified atom stereocenters. The lowest BCUT2D eigenvalue weighted by Gasteiger charge is -2.32. The highest BCUT2D eigenvalue weighted by molar-refractivity contribution is 7.89. The Bertz CT molecular complexity index is 738. The molecule has 1 aromatic heterocycles. The molecule has 1 amide bonds. The third-order valence-electron chi connectivity index (χ3n) is 5.62. The van der Waals surface area contributed by atoms with Gasteiger partial charge in [-0.2, -0.15) is 0 Å². The number of hydrogen-bond acceptors (Lipinski definition) is 6. The Hall–Kier alpha value is -1.55. The van der Waals surface area contributed by atoms with Crippen molar-refractivity contribution in [2.24, 2.45) is 5.92 Å². The van der Waals surface area contributed by atoms with Crippen molar-refractivity contribution in [3.63, 3.8) is 0 Å². The SMILES string of the molecule is CCCCNS(=O)(=O)C[C@H](O)[C@H](O)[C@H](CC1CCCCC1)NC(=O)c1ccncc1. The Morgan fingerprint density at radius 1 is 1.20 bits per heavy atom. The molecule has 1 aliphatic carbocycles. The summed E-state index contributed by atoms with van der Waals surface area (Å²) < 4.78 is 26.8. The van der Waals surface area contributed by atoms with Crippen molar-refractivity contribution in [3.05, 3.63) is 30.1 Å². The monoisotopic (exact) mass is 441 g/mol. The number of carbonyl (C=O) groups is 1. The smallest absolute Gasteiger partial charge is 0.251 e. The van der Waals surface area contributed by atoms with Crippen LogP contribution in [0.3, 0.4) is 0 Å². The number of aliphatic hydroxyl groups excluding tert-OH is 2. The number of rotatable bonds is 12. The van der Waals surface area contributed by atoms with Crippen LogP contribution in [-0.2, 0) is 10.0 Å². The van der Waals surface area contributed by atoms with Crippen molar-refractivity contribution >= 4 is 15.9 Å². The molecule has 30 heavy (non-hydrogen) atoms. The van der Waals surface area contributed by atoms with E-state index in [-0.39, 0.29) is 5.91 Å². The summed E-state index contributed by atoms with van der Waals surface area (Å²) in [6.07, 6.45) is 7.54. The van der Waals surface area contributed by atoms with E-state index in [1.165, 1.54) is 18.8 Å². The van der Waals surface area contributed by atoms with Gasteiger partial charge in [-0.3, -0.25) is 9.78 Å². The van der Waals surface area contributed by atoms with Crippen LogP contribution >= 0.6 is 0 Å². The van der Waals surface area contributed by atoms with Crippen LogP contribution in [0.2, 0.25) is 0 Å². The van der Waals surface area contributed by atoms with Crippen molar-refractivity contribution in [3.8, 4) is 0 Å². The number of sulfonamides is 1. The predicted molar refractivity (Wildman–Crippen MR) is 115 cm³/mol. The summed E-state index contributed by atoms with van der Waals surface area (Å²) in [5, 5.41) is 24.0. The van der Waals surface area contributed by atoms with Gasteiger partial charge < -0.3 is 15.5 Å². The number of amides is 1. The molecule has 0 saturated heterocycles. The molecular formula is C21H35N3O5S. The number of pyridine rings is 1. The molecule has 2 rings (SSSR count). The van der Waals surface area contributed by atoms with Crippen LogP contribution in [0.5, 0.6) is 0 Å². The molecule has 0 aromatic carbocycles. The standard InChI is InChI=1S/C21H35N3O5S/c1-2-3-11-23-30(28,29)15-19(25)20(26)18(14-16-7-5-4-6-8-16)24-21(27)17-9-12-22-13-10-17/h9-10,12-13,16,18-20,23,25-26H,2-8,11,14-15H2,1H3,(H,24,27)/t18-,19-,20+/m0/s1. The van der Waals surface area contributed by atoms with Crippen LogP contribution < -0.4 is 10.0 Å². The van der Waals surface area contributed by atoms with E-state index in [2.05, 4.69) is 15.0 Å². The molecule has 4 N–H and O–H groups in total. The highest BCUT2D eigenvalue weighted by atomic mass is 32.2. The molecule has 1 aromatic rings. The quantitative estimate of drug-likeness (QED) is 0.365. The van der Waals surface area contributed by atoms with Crippen LogP contribution in [0.25, 0.3) is 0 Å². The molecular weight excluding hydrogens is 406 g/mol. The number of aliphatic hydroxyl groups is 2. The second-order valence-corrected chi connectivity index (χ2v) is 9.99. The number of nitrogens with zero attached hydrogens (tertiary/aromatic N) is 1. The Kier molecular flexibility index (Phi) is 10.2.